The van der Waals surface area contributed by atoms with Gasteiger partial charge in [0.2, 0.25) is 11.0 Å². The van der Waals surface area contributed by atoms with E-state index in [1.165, 1.54) is 11.5 Å². The first-order chi connectivity index (χ1) is 6.74. The fraction of sp³-hybridized carbons (Fsp3) is 0.625. The van der Waals surface area contributed by atoms with Gasteiger partial charge in [0.25, 0.3) is 0 Å². The van der Waals surface area contributed by atoms with Crippen molar-refractivity contribution in [2.75, 3.05) is 11.9 Å². The van der Waals surface area contributed by atoms with Crippen molar-refractivity contribution in [3.8, 4) is 0 Å². The van der Waals surface area contributed by atoms with Crippen LogP contribution in [-0.2, 0) is 4.79 Å². The molecule has 1 aromatic rings. The molecule has 2 N–H and O–H groups in total. The van der Waals surface area contributed by atoms with Gasteiger partial charge in [0, 0.05) is 17.6 Å². The molecular weight excluding hydrogens is 200 g/mol. The second kappa shape index (κ2) is 3.91. The van der Waals surface area contributed by atoms with E-state index < -0.39 is 0 Å². The highest BCUT2D eigenvalue weighted by Gasteiger charge is 2.22. The number of anilines is 1. The maximum Gasteiger partial charge on any atom is 0.239 e. The van der Waals surface area contributed by atoms with Gasteiger partial charge in [-0.25, -0.2) is 4.98 Å². The highest BCUT2D eigenvalue weighted by atomic mass is 32.1. The third-order valence-electron chi connectivity index (χ3n) is 1.87. The molecule has 0 radical (unpaired) electrons. The predicted octanol–water partition coefficient (Wildman–Crippen LogP) is 0.537. The molecule has 1 amide bonds. The summed E-state index contributed by atoms with van der Waals surface area (Å²) in [6, 6.07) is 0.417. The van der Waals surface area contributed by atoms with E-state index in [0.29, 0.717) is 11.2 Å². The number of rotatable bonds is 4. The lowest BCUT2D eigenvalue weighted by Gasteiger charge is -2.02. The summed E-state index contributed by atoms with van der Waals surface area (Å²) in [5.74, 6) is 0.764. The number of aromatic nitrogens is 2. The molecule has 5 nitrogen and oxygen atoms in total. The minimum atomic E-state index is 0.0281. The topological polar surface area (TPSA) is 66.9 Å². The molecule has 1 saturated carbocycles. The van der Waals surface area contributed by atoms with E-state index in [-0.39, 0.29) is 12.5 Å². The third kappa shape index (κ3) is 2.66. The highest BCUT2D eigenvalue weighted by molar-refractivity contribution is 7.09. The van der Waals surface area contributed by atoms with Crippen molar-refractivity contribution < 1.29 is 4.79 Å². The second-order valence-electron chi connectivity index (χ2n) is 3.34. The van der Waals surface area contributed by atoms with Crippen molar-refractivity contribution in [2.24, 2.45) is 0 Å². The molecule has 76 valence electrons. The third-order valence-corrected chi connectivity index (χ3v) is 2.63. The largest absolute Gasteiger partial charge is 0.352 e. The summed E-state index contributed by atoms with van der Waals surface area (Å²) in [5.41, 5.74) is 0. The average Bonchev–Trinajstić information content (AvgIpc) is 2.85. The Kier molecular flexibility index (Phi) is 2.62. The molecule has 1 fully saturated rings. The van der Waals surface area contributed by atoms with Crippen LogP contribution in [0.15, 0.2) is 0 Å². The van der Waals surface area contributed by atoms with Crippen LogP contribution in [0.1, 0.15) is 18.7 Å². The summed E-state index contributed by atoms with van der Waals surface area (Å²) >= 11 is 1.27. The number of nitrogens with zero attached hydrogens (tertiary/aromatic N) is 2. The van der Waals surface area contributed by atoms with E-state index >= 15 is 0 Å². The number of aryl methyl sites for hydroxylation is 1. The normalized spacial score (nSPS) is 15.2. The molecule has 0 aliphatic heterocycles. The summed E-state index contributed by atoms with van der Waals surface area (Å²) in [5, 5.41) is 6.52. The second-order valence-corrected chi connectivity index (χ2v) is 4.09. The van der Waals surface area contributed by atoms with Crippen LogP contribution in [-0.4, -0.2) is 27.9 Å². The van der Waals surface area contributed by atoms with Crippen LogP contribution in [0.4, 0.5) is 5.13 Å². The lowest BCUT2D eigenvalue weighted by atomic mass is 10.5. The van der Waals surface area contributed by atoms with Crippen LogP contribution in [0.2, 0.25) is 0 Å². The Labute approximate surface area is 86.1 Å². The van der Waals surface area contributed by atoms with Gasteiger partial charge in [-0.3, -0.25) is 4.79 Å². The van der Waals surface area contributed by atoms with Crippen molar-refractivity contribution in [3.05, 3.63) is 5.82 Å². The monoisotopic (exact) mass is 212 g/mol. The lowest BCUT2D eigenvalue weighted by molar-refractivity contribution is -0.119. The first-order valence-electron chi connectivity index (χ1n) is 4.57. The fourth-order valence-corrected chi connectivity index (χ4v) is 1.60. The average molecular weight is 212 g/mol. The molecule has 1 aliphatic rings. The molecule has 1 aliphatic carbocycles. The zero-order valence-corrected chi connectivity index (χ0v) is 8.73. The van der Waals surface area contributed by atoms with Gasteiger partial charge in [-0.1, -0.05) is 0 Å². The smallest absolute Gasteiger partial charge is 0.239 e. The van der Waals surface area contributed by atoms with E-state index in [0.717, 1.165) is 18.7 Å². The molecule has 0 saturated heterocycles. The van der Waals surface area contributed by atoms with E-state index in [4.69, 9.17) is 0 Å². The van der Waals surface area contributed by atoms with Crippen molar-refractivity contribution in [1.82, 2.24) is 14.7 Å². The lowest BCUT2D eigenvalue weighted by Crippen LogP contribution is -2.31. The molecule has 14 heavy (non-hydrogen) atoms. The van der Waals surface area contributed by atoms with Crippen LogP contribution < -0.4 is 10.6 Å². The van der Waals surface area contributed by atoms with E-state index in [2.05, 4.69) is 20.0 Å². The Morgan fingerprint density at radius 2 is 2.43 bits per heavy atom. The minimum Gasteiger partial charge on any atom is -0.352 e. The van der Waals surface area contributed by atoms with Gasteiger partial charge in [-0.15, -0.1) is 0 Å². The molecular formula is C8H12N4OS. The fourth-order valence-electron chi connectivity index (χ4n) is 1.03. The van der Waals surface area contributed by atoms with Gasteiger partial charge in [-0.05, 0) is 19.8 Å². The van der Waals surface area contributed by atoms with Gasteiger partial charge in [-0.2, -0.15) is 4.37 Å². The highest BCUT2D eigenvalue weighted by Crippen LogP contribution is 2.18. The van der Waals surface area contributed by atoms with E-state index in [9.17, 15) is 4.79 Å². The number of carbonyl (C=O) groups is 1. The van der Waals surface area contributed by atoms with E-state index in [1.807, 2.05) is 6.92 Å². The first-order valence-corrected chi connectivity index (χ1v) is 5.35. The van der Waals surface area contributed by atoms with E-state index in [1.54, 1.807) is 0 Å². The minimum absolute atomic E-state index is 0.0281. The first kappa shape index (κ1) is 9.39. The van der Waals surface area contributed by atoms with Gasteiger partial charge in [0.05, 0.1) is 6.54 Å². The van der Waals surface area contributed by atoms with Crippen LogP contribution in [0, 0.1) is 6.92 Å². The zero-order valence-electron chi connectivity index (χ0n) is 7.91. The van der Waals surface area contributed by atoms with Crippen LogP contribution >= 0.6 is 11.5 Å². The van der Waals surface area contributed by atoms with Gasteiger partial charge in [0.15, 0.2) is 0 Å². The number of nitrogens with one attached hydrogen (secondary N) is 2. The molecule has 0 spiro atoms. The Morgan fingerprint density at radius 1 is 1.64 bits per heavy atom. The molecule has 6 heteroatoms. The summed E-state index contributed by atoms with van der Waals surface area (Å²) in [7, 11) is 0. The Balaban J connectivity index is 1.73. The Hall–Kier alpha value is -1.17. The number of carbonyl (C=O) groups excluding carboxylic acids is 1. The molecule has 0 aromatic carbocycles. The van der Waals surface area contributed by atoms with Gasteiger partial charge in [0.1, 0.15) is 5.82 Å². The SMILES string of the molecule is Cc1nsc(NCC(=O)NC2CC2)n1. The summed E-state index contributed by atoms with van der Waals surface area (Å²) in [4.78, 5) is 15.4. The molecule has 0 bridgehead atoms. The number of hydrogen-bond donors (Lipinski definition) is 2. The van der Waals surface area contributed by atoms with Crippen molar-refractivity contribution in [2.45, 2.75) is 25.8 Å². The standard InChI is InChI=1S/C8H12N4OS/c1-5-10-8(14-12-5)9-4-7(13)11-6-2-3-6/h6H,2-4H2,1H3,(H,11,13)(H,9,10,12). The van der Waals surface area contributed by atoms with Crippen LogP contribution in [0.5, 0.6) is 0 Å². The molecule has 0 unspecified atom stereocenters. The zero-order chi connectivity index (χ0) is 9.97. The maximum atomic E-state index is 11.3. The maximum absolute atomic E-state index is 11.3. The molecule has 1 heterocycles. The Morgan fingerprint density at radius 3 is 3.00 bits per heavy atom. The van der Waals surface area contributed by atoms with Crippen molar-refractivity contribution in [3.63, 3.8) is 0 Å². The summed E-state index contributed by atoms with van der Waals surface area (Å²) < 4.78 is 4.00. The van der Waals surface area contributed by atoms with Gasteiger partial charge < -0.3 is 10.6 Å². The predicted molar refractivity (Wildman–Crippen MR) is 54.3 cm³/mol. The number of amides is 1. The molecule has 1 aromatic heterocycles. The summed E-state index contributed by atoms with van der Waals surface area (Å²) in [6.07, 6.45) is 2.23. The van der Waals surface area contributed by atoms with Crippen LogP contribution in [0.3, 0.4) is 0 Å². The van der Waals surface area contributed by atoms with Crippen molar-refractivity contribution in [1.29, 1.82) is 0 Å². The number of hydrogen-bond acceptors (Lipinski definition) is 5. The Bertz CT molecular complexity index is 334. The molecule has 0 atom stereocenters. The van der Waals surface area contributed by atoms with Crippen LogP contribution in [0.25, 0.3) is 0 Å². The quantitative estimate of drug-likeness (QED) is 0.764. The summed E-state index contributed by atoms with van der Waals surface area (Å²) in [6.45, 7) is 2.11. The van der Waals surface area contributed by atoms with Gasteiger partial charge >= 0.3 is 0 Å². The molecule has 2 rings (SSSR count). The van der Waals surface area contributed by atoms with Crippen molar-refractivity contribution >= 4 is 22.6 Å².